The number of ether oxygens (including phenoxy) is 1. The van der Waals surface area contributed by atoms with Gasteiger partial charge in [-0.15, -0.1) is 0 Å². The van der Waals surface area contributed by atoms with Crippen LogP contribution < -0.4 is 9.64 Å². The first kappa shape index (κ1) is 29.4. The number of nitrogens with zero attached hydrogens (tertiary/aromatic N) is 3. The summed E-state index contributed by atoms with van der Waals surface area (Å²) < 4.78 is 29.1. The van der Waals surface area contributed by atoms with E-state index in [2.05, 4.69) is 4.90 Å². The topological polar surface area (TPSA) is 148 Å². The number of anilines is 1. The van der Waals surface area contributed by atoms with Crippen LogP contribution in [0.25, 0.3) is 0 Å². The maximum atomic E-state index is 14.0. The van der Waals surface area contributed by atoms with Crippen molar-refractivity contribution < 1.29 is 42.8 Å². The van der Waals surface area contributed by atoms with Gasteiger partial charge in [-0.25, -0.2) is 8.96 Å². The lowest BCUT2D eigenvalue weighted by Crippen LogP contribution is -2.49. The molecule has 0 spiro atoms. The van der Waals surface area contributed by atoms with Gasteiger partial charge >= 0.3 is 7.82 Å². The summed E-state index contributed by atoms with van der Waals surface area (Å²) in [5, 5.41) is 0. The number of allylic oxidation sites excluding steroid dienone is 2. The van der Waals surface area contributed by atoms with Crippen LogP contribution >= 0.6 is 7.82 Å². The molecule has 2 heterocycles. The van der Waals surface area contributed by atoms with Gasteiger partial charge in [0.1, 0.15) is 11.6 Å². The van der Waals surface area contributed by atoms with Crippen molar-refractivity contribution in [1.29, 1.82) is 0 Å². The van der Waals surface area contributed by atoms with Crippen molar-refractivity contribution in [2.45, 2.75) is 44.6 Å². The number of likely N-dealkylation sites (tertiary alicyclic amines) is 1. The molecule has 5 rings (SSSR count). The molecule has 0 aromatic heterocycles. The number of carbonyl (C=O) groups excluding carboxylic acids is 3. The molecule has 2 unspecified atom stereocenters. The number of phosphoric acid groups is 1. The number of carbonyl (C=O) groups is 3. The Kier molecular flexibility index (Phi) is 9.56. The number of piperazine rings is 1. The molecule has 1 saturated carbocycles. The van der Waals surface area contributed by atoms with Crippen LogP contribution in [-0.2, 0) is 18.9 Å². The van der Waals surface area contributed by atoms with Gasteiger partial charge in [-0.2, -0.15) is 0 Å². The highest BCUT2D eigenvalue weighted by Gasteiger charge is 2.47. The molecular formula is C26H35FN3O8P. The Morgan fingerprint density at radius 2 is 1.51 bits per heavy atom. The molecule has 3 fully saturated rings. The normalized spacial score (nSPS) is 24.0. The van der Waals surface area contributed by atoms with Crippen LogP contribution in [0.15, 0.2) is 30.4 Å². The molecule has 2 aliphatic heterocycles. The molecule has 11 nitrogen and oxygen atoms in total. The highest BCUT2D eigenvalue weighted by Crippen LogP contribution is 2.35. The van der Waals surface area contributed by atoms with Crippen molar-refractivity contribution in [2.75, 3.05) is 44.2 Å². The van der Waals surface area contributed by atoms with Crippen LogP contribution in [0.1, 0.15) is 38.5 Å². The van der Waals surface area contributed by atoms with E-state index in [4.69, 9.17) is 24.0 Å². The van der Waals surface area contributed by atoms with Crippen LogP contribution in [0.2, 0.25) is 0 Å². The first-order valence-corrected chi connectivity index (χ1v) is 14.8. The lowest BCUT2D eigenvalue weighted by atomic mass is 9.85. The van der Waals surface area contributed by atoms with E-state index in [1.54, 1.807) is 6.07 Å². The van der Waals surface area contributed by atoms with Gasteiger partial charge in [-0.1, -0.05) is 12.2 Å². The smallest absolute Gasteiger partial charge is 0.466 e. The van der Waals surface area contributed by atoms with E-state index in [0.29, 0.717) is 39.0 Å². The number of rotatable bonds is 7. The number of halogens is 1. The molecule has 3 N–H and O–H groups in total. The van der Waals surface area contributed by atoms with E-state index in [0.717, 1.165) is 24.3 Å². The maximum absolute atomic E-state index is 14.0. The van der Waals surface area contributed by atoms with E-state index in [1.807, 2.05) is 17.1 Å². The number of Topliss-reactive ketones (excluding diaryl/α,β-unsaturated/α-hetero) is 1. The largest absolute Gasteiger partial charge is 0.488 e. The first-order chi connectivity index (χ1) is 18.5. The Morgan fingerprint density at radius 1 is 0.949 bits per heavy atom. The average molecular weight is 568 g/mol. The van der Waals surface area contributed by atoms with Crippen molar-refractivity contribution in [2.24, 2.45) is 11.8 Å². The van der Waals surface area contributed by atoms with Gasteiger partial charge in [0.25, 0.3) is 0 Å². The summed E-state index contributed by atoms with van der Waals surface area (Å²) in [7, 11) is -4.64. The Labute approximate surface area is 226 Å². The van der Waals surface area contributed by atoms with E-state index < -0.39 is 7.82 Å². The molecule has 2 atom stereocenters. The zero-order chi connectivity index (χ0) is 28.2. The number of imide groups is 1. The Bertz CT molecular complexity index is 1110. The van der Waals surface area contributed by atoms with E-state index in [-0.39, 0.29) is 54.4 Å². The van der Waals surface area contributed by atoms with Gasteiger partial charge in [0, 0.05) is 32.2 Å². The van der Waals surface area contributed by atoms with Gasteiger partial charge in [-0.05, 0) is 50.7 Å². The number of fused-ring (bicyclic) bond motifs is 1. The number of hydrogen-bond donors (Lipinski definition) is 3. The third kappa shape index (κ3) is 7.95. The lowest BCUT2D eigenvalue weighted by molar-refractivity contribution is -0.143. The van der Waals surface area contributed by atoms with Crippen molar-refractivity contribution >= 4 is 31.1 Å². The second-order valence-corrected chi connectivity index (χ2v) is 11.4. The predicted molar refractivity (Wildman–Crippen MR) is 139 cm³/mol. The average Bonchev–Trinajstić information content (AvgIpc) is 3.48. The molecule has 39 heavy (non-hydrogen) atoms. The molecule has 13 heteroatoms. The molecule has 4 aliphatic rings. The van der Waals surface area contributed by atoms with Crippen LogP contribution in [0.3, 0.4) is 0 Å². The van der Waals surface area contributed by atoms with E-state index in [1.165, 1.54) is 29.9 Å². The van der Waals surface area contributed by atoms with Crippen molar-refractivity contribution in [3.05, 3.63) is 36.2 Å². The van der Waals surface area contributed by atoms with Crippen molar-refractivity contribution in [3.8, 4) is 5.75 Å². The van der Waals surface area contributed by atoms with Gasteiger partial charge < -0.3 is 24.3 Å². The van der Waals surface area contributed by atoms with Gasteiger partial charge in [0.2, 0.25) is 11.8 Å². The lowest BCUT2D eigenvalue weighted by Gasteiger charge is -2.36. The first-order valence-electron chi connectivity index (χ1n) is 13.2. The minimum atomic E-state index is -4.64. The SMILES string of the molecule is O=C(CN1CCN(c2cc(F)ccc2OC2CCCC2)CC1)CN1C(=O)C2CC=CCC2C1=O.O=P(O)(O)O. The van der Waals surface area contributed by atoms with Crippen molar-refractivity contribution in [1.82, 2.24) is 9.80 Å². The standard InChI is InChI=1S/C26H32FN3O4.H3O4P/c27-18-9-10-24(34-20-5-1-2-6-20)23(15-18)29-13-11-28(12-14-29)16-19(31)17-30-25(32)21-7-3-4-8-22(21)26(30)33;1-5(2,3)4/h3-4,9-10,15,20-22H,1-2,5-8,11-14,16-17H2;(H3,1,2,3,4). The predicted octanol–water partition coefficient (Wildman–Crippen LogP) is 1.86. The fraction of sp³-hybridized carbons (Fsp3) is 0.577. The number of benzene rings is 1. The number of amides is 2. The Balaban J connectivity index is 0.000000648. The van der Waals surface area contributed by atoms with Gasteiger partial charge in [0.15, 0.2) is 5.78 Å². The fourth-order valence-electron chi connectivity index (χ4n) is 5.67. The highest BCUT2D eigenvalue weighted by molar-refractivity contribution is 7.45. The van der Waals surface area contributed by atoms with Crippen LogP contribution in [0.5, 0.6) is 5.75 Å². The molecule has 0 radical (unpaired) electrons. The molecule has 214 valence electrons. The van der Waals surface area contributed by atoms with E-state index >= 15 is 0 Å². The van der Waals surface area contributed by atoms with Gasteiger partial charge in [-0.3, -0.25) is 24.2 Å². The monoisotopic (exact) mass is 567 g/mol. The number of hydrogen-bond acceptors (Lipinski definition) is 7. The quantitative estimate of drug-likeness (QED) is 0.253. The highest BCUT2D eigenvalue weighted by atomic mass is 31.2. The minimum absolute atomic E-state index is 0.127. The molecule has 0 bridgehead atoms. The summed E-state index contributed by atoms with van der Waals surface area (Å²) in [6.45, 7) is 2.63. The van der Waals surface area contributed by atoms with Crippen LogP contribution in [0, 0.1) is 17.7 Å². The molecular weight excluding hydrogens is 532 g/mol. The molecule has 1 aromatic rings. The third-order valence-corrected chi connectivity index (χ3v) is 7.56. The Morgan fingerprint density at radius 3 is 2.08 bits per heavy atom. The van der Waals surface area contributed by atoms with Crippen LogP contribution in [0.4, 0.5) is 10.1 Å². The van der Waals surface area contributed by atoms with Crippen LogP contribution in [-0.4, -0.2) is 87.5 Å². The van der Waals surface area contributed by atoms with Crippen molar-refractivity contribution in [3.63, 3.8) is 0 Å². The molecule has 2 amide bonds. The fourth-order valence-corrected chi connectivity index (χ4v) is 5.67. The molecule has 2 aliphatic carbocycles. The van der Waals surface area contributed by atoms with E-state index in [9.17, 15) is 18.8 Å². The zero-order valence-corrected chi connectivity index (χ0v) is 22.5. The molecule has 2 saturated heterocycles. The Hall–Kier alpha value is -2.63. The zero-order valence-electron chi connectivity index (χ0n) is 21.7. The second kappa shape index (κ2) is 12.7. The second-order valence-electron chi connectivity index (χ2n) is 10.4. The summed E-state index contributed by atoms with van der Waals surface area (Å²) in [4.78, 5) is 64.8. The summed E-state index contributed by atoms with van der Waals surface area (Å²) in [5.41, 5.74) is 0.766. The van der Waals surface area contributed by atoms with Gasteiger partial charge in [0.05, 0.1) is 36.7 Å². The summed E-state index contributed by atoms with van der Waals surface area (Å²) >= 11 is 0. The third-order valence-electron chi connectivity index (χ3n) is 7.56. The number of ketones is 1. The minimum Gasteiger partial charge on any atom is -0.488 e. The molecule has 1 aromatic carbocycles. The maximum Gasteiger partial charge on any atom is 0.466 e. The summed E-state index contributed by atoms with van der Waals surface area (Å²) in [6.07, 6.45) is 9.64. The summed E-state index contributed by atoms with van der Waals surface area (Å²) in [5.74, 6) is -0.724. The summed E-state index contributed by atoms with van der Waals surface area (Å²) in [6, 6.07) is 4.69.